The van der Waals surface area contributed by atoms with Crippen molar-refractivity contribution >= 4 is 23.8 Å². The highest BCUT2D eigenvalue weighted by Gasteiger charge is 2.14. The zero-order chi connectivity index (χ0) is 20.5. The topological polar surface area (TPSA) is 110 Å². The predicted molar refractivity (Wildman–Crippen MR) is 103 cm³/mol. The van der Waals surface area contributed by atoms with Crippen molar-refractivity contribution < 1.29 is 23.5 Å². The van der Waals surface area contributed by atoms with Crippen LogP contribution in [-0.2, 0) is 9.59 Å². The fraction of sp³-hybridized carbons (Fsp3) is 0.250. The van der Waals surface area contributed by atoms with E-state index in [1.54, 1.807) is 45.2 Å². The van der Waals surface area contributed by atoms with Gasteiger partial charge in [-0.3, -0.25) is 25.2 Å². The van der Waals surface area contributed by atoms with Crippen LogP contribution in [-0.4, -0.2) is 31.4 Å². The van der Waals surface area contributed by atoms with Gasteiger partial charge in [0, 0.05) is 19.0 Å². The van der Waals surface area contributed by atoms with Crippen molar-refractivity contribution in [1.29, 1.82) is 0 Å². The van der Waals surface area contributed by atoms with Crippen molar-refractivity contribution in [2.45, 2.75) is 20.3 Å². The molecule has 148 valence electrons. The Morgan fingerprint density at radius 2 is 1.82 bits per heavy atom. The van der Waals surface area contributed by atoms with E-state index < -0.39 is 11.8 Å². The molecule has 0 aliphatic carbocycles. The van der Waals surface area contributed by atoms with Crippen molar-refractivity contribution in [3.8, 4) is 5.75 Å². The Labute approximate surface area is 162 Å². The third kappa shape index (κ3) is 6.31. The molecule has 2 aromatic rings. The number of rotatable bonds is 7. The van der Waals surface area contributed by atoms with E-state index in [-0.39, 0.29) is 18.9 Å². The largest absolute Gasteiger partial charge is 0.497 e. The number of carbonyl (C=O) groups excluding carboxylic acids is 3. The molecule has 3 N–H and O–H groups in total. The van der Waals surface area contributed by atoms with E-state index >= 15 is 0 Å². The van der Waals surface area contributed by atoms with E-state index in [1.807, 2.05) is 12.1 Å². The van der Waals surface area contributed by atoms with Gasteiger partial charge in [-0.15, -0.1) is 0 Å². The molecule has 1 heterocycles. The average Bonchev–Trinajstić information content (AvgIpc) is 3.03. The number of hydrogen-bond donors (Lipinski definition) is 3. The lowest BCUT2D eigenvalue weighted by Gasteiger charge is -2.07. The molecule has 8 heteroatoms. The van der Waals surface area contributed by atoms with Crippen LogP contribution in [0.1, 0.15) is 33.9 Å². The summed E-state index contributed by atoms with van der Waals surface area (Å²) in [4.78, 5) is 35.5. The molecule has 0 fully saturated rings. The van der Waals surface area contributed by atoms with Crippen LogP contribution in [0.5, 0.6) is 5.75 Å². The summed E-state index contributed by atoms with van der Waals surface area (Å²) >= 11 is 0. The lowest BCUT2D eigenvalue weighted by molar-refractivity contribution is -0.122. The molecule has 0 aliphatic rings. The summed E-state index contributed by atoms with van der Waals surface area (Å²) in [5, 5.41) is 2.60. The average molecular weight is 385 g/mol. The Balaban J connectivity index is 1.68. The van der Waals surface area contributed by atoms with E-state index in [4.69, 9.17) is 9.15 Å². The minimum absolute atomic E-state index is 0.0196. The summed E-state index contributed by atoms with van der Waals surface area (Å²) in [6.45, 7) is 3.53. The highest BCUT2D eigenvalue weighted by Crippen LogP contribution is 2.13. The molecule has 0 bridgehead atoms. The van der Waals surface area contributed by atoms with Gasteiger partial charge in [-0.2, -0.15) is 0 Å². The second-order valence-corrected chi connectivity index (χ2v) is 5.98. The molecular formula is C20H23N3O5. The smallest absolute Gasteiger partial charge is 0.273 e. The number of hydrogen-bond acceptors (Lipinski definition) is 5. The van der Waals surface area contributed by atoms with Crippen molar-refractivity contribution in [2.24, 2.45) is 0 Å². The number of ether oxygens (including phenoxy) is 1. The first-order valence-electron chi connectivity index (χ1n) is 8.65. The molecule has 0 aliphatic heterocycles. The van der Waals surface area contributed by atoms with Crippen LogP contribution in [0.2, 0.25) is 0 Å². The minimum atomic E-state index is -0.464. The Kier molecular flexibility index (Phi) is 7.38. The molecule has 0 radical (unpaired) electrons. The quantitative estimate of drug-likeness (QED) is 0.498. The molecule has 0 spiro atoms. The van der Waals surface area contributed by atoms with Gasteiger partial charge in [0.1, 0.15) is 17.3 Å². The van der Waals surface area contributed by atoms with E-state index in [9.17, 15) is 14.4 Å². The standard InChI is InChI=1S/C20H23N3O5/c1-13-12-17(14(2)28-13)20(26)23-22-19(25)10-11-21-18(24)9-6-15-4-7-16(27-3)8-5-15/h4-9,12H,10-11H2,1-3H3,(H,21,24)(H,22,25)(H,23,26)/b9-6+. The van der Waals surface area contributed by atoms with Crippen molar-refractivity contribution in [3.05, 3.63) is 59.1 Å². The summed E-state index contributed by atoms with van der Waals surface area (Å²) in [6.07, 6.45) is 3.06. The van der Waals surface area contributed by atoms with Crippen molar-refractivity contribution in [2.75, 3.05) is 13.7 Å². The Bertz CT molecular complexity index is 868. The van der Waals surface area contributed by atoms with Crippen LogP contribution >= 0.6 is 0 Å². The van der Waals surface area contributed by atoms with E-state index in [1.165, 1.54) is 6.08 Å². The summed E-state index contributed by atoms with van der Waals surface area (Å²) in [6, 6.07) is 8.82. The second kappa shape index (κ2) is 9.96. The maximum atomic E-state index is 12.0. The van der Waals surface area contributed by atoms with Gasteiger partial charge in [-0.05, 0) is 43.7 Å². The summed E-state index contributed by atoms with van der Waals surface area (Å²) < 4.78 is 10.3. The van der Waals surface area contributed by atoms with Crippen molar-refractivity contribution in [1.82, 2.24) is 16.2 Å². The zero-order valence-electron chi connectivity index (χ0n) is 16.0. The highest BCUT2D eigenvalue weighted by molar-refractivity contribution is 5.96. The minimum Gasteiger partial charge on any atom is -0.497 e. The monoisotopic (exact) mass is 385 g/mol. The first kappa shape index (κ1) is 20.8. The number of amides is 3. The molecule has 2 rings (SSSR count). The second-order valence-electron chi connectivity index (χ2n) is 5.98. The highest BCUT2D eigenvalue weighted by atomic mass is 16.5. The van der Waals surface area contributed by atoms with Gasteiger partial charge in [0.25, 0.3) is 5.91 Å². The predicted octanol–water partition coefficient (Wildman–Crippen LogP) is 1.89. The zero-order valence-corrected chi connectivity index (χ0v) is 16.0. The molecule has 0 saturated carbocycles. The molecule has 1 aromatic carbocycles. The first-order chi connectivity index (χ1) is 13.4. The number of hydrazine groups is 1. The molecule has 1 aromatic heterocycles. The van der Waals surface area contributed by atoms with Crippen LogP contribution in [0.25, 0.3) is 6.08 Å². The number of benzene rings is 1. The van der Waals surface area contributed by atoms with Gasteiger partial charge in [0.05, 0.1) is 12.7 Å². The Morgan fingerprint density at radius 1 is 1.11 bits per heavy atom. The van der Waals surface area contributed by atoms with Crippen LogP contribution < -0.4 is 20.9 Å². The van der Waals surface area contributed by atoms with Crippen LogP contribution in [0.4, 0.5) is 0 Å². The molecule has 28 heavy (non-hydrogen) atoms. The maximum Gasteiger partial charge on any atom is 0.273 e. The fourth-order valence-electron chi connectivity index (χ4n) is 2.36. The van der Waals surface area contributed by atoms with E-state index in [0.29, 0.717) is 17.1 Å². The Hall–Kier alpha value is -3.55. The molecule has 0 unspecified atom stereocenters. The first-order valence-corrected chi connectivity index (χ1v) is 8.65. The molecular weight excluding hydrogens is 362 g/mol. The lowest BCUT2D eigenvalue weighted by atomic mass is 10.2. The molecule has 8 nitrogen and oxygen atoms in total. The normalized spacial score (nSPS) is 10.5. The molecule has 0 atom stereocenters. The molecule has 0 saturated heterocycles. The van der Waals surface area contributed by atoms with Gasteiger partial charge in [0.2, 0.25) is 11.8 Å². The van der Waals surface area contributed by atoms with Gasteiger partial charge in [-0.1, -0.05) is 12.1 Å². The SMILES string of the molecule is COc1ccc(/C=C/C(=O)NCCC(=O)NNC(=O)c2cc(C)oc2C)cc1. The Morgan fingerprint density at radius 3 is 2.43 bits per heavy atom. The number of carbonyl (C=O) groups is 3. The fourth-order valence-corrected chi connectivity index (χ4v) is 2.36. The van der Waals surface area contributed by atoms with Gasteiger partial charge >= 0.3 is 0 Å². The number of furan rings is 1. The van der Waals surface area contributed by atoms with Gasteiger partial charge in [0.15, 0.2) is 0 Å². The number of methoxy groups -OCH3 is 1. The number of aryl methyl sites for hydroxylation is 2. The van der Waals surface area contributed by atoms with Crippen LogP contribution in [0.3, 0.4) is 0 Å². The number of nitrogens with one attached hydrogen (secondary N) is 3. The summed E-state index contributed by atoms with van der Waals surface area (Å²) in [5.41, 5.74) is 5.81. The third-order valence-electron chi connectivity index (χ3n) is 3.80. The lowest BCUT2D eigenvalue weighted by Crippen LogP contribution is -2.42. The summed E-state index contributed by atoms with van der Waals surface area (Å²) in [5.74, 6) is 0.606. The maximum absolute atomic E-state index is 12.0. The van der Waals surface area contributed by atoms with Crippen LogP contribution in [0, 0.1) is 13.8 Å². The van der Waals surface area contributed by atoms with E-state index in [2.05, 4.69) is 16.2 Å². The van der Waals surface area contributed by atoms with Gasteiger partial charge < -0.3 is 14.5 Å². The third-order valence-corrected chi connectivity index (χ3v) is 3.80. The van der Waals surface area contributed by atoms with Crippen LogP contribution in [0.15, 0.2) is 40.8 Å². The van der Waals surface area contributed by atoms with Gasteiger partial charge in [-0.25, -0.2) is 0 Å². The summed E-state index contributed by atoms with van der Waals surface area (Å²) in [7, 11) is 1.58. The van der Waals surface area contributed by atoms with Crippen molar-refractivity contribution in [3.63, 3.8) is 0 Å². The van der Waals surface area contributed by atoms with E-state index in [0.717, 1.165) is 11.3 Å². The molecule has 3 amide bonds.